The van der Waals surface area contributed by atoms with E-state index in [0.29, 0.717) is 0 Å². The maximum Gasteiger partial charge on any atom is 0.333 e. The van der Waals surface area contributed by atoms with Gasteiger partial charge in [-0.25, -0.2) is 4.79 Å². The van der Waals surface area contributed by atoms with E-state index in [1.54, 1.807) is 13.8 Å². The molecule has 0 fully saturated rings. The fourth-order valence-electron chi connectivity index (χ4n) is 2.56. The lowest BCUT2D eigenvalue weighted by atomic mass is 9.92. The first-order valence-corrected chi connectivity index (χ1v) is 7.47. The fraction of sp³-hybridized carbons (Fsp3) is 0.333. The van der Waals surface area contributed by atoms with E-state index in [4.69, 9.17) is 4.74 Å². The molecule has 0 amide bonds. The molecule has 0 aliphatic carbocycles. The van der Waals surface area contributed by atoms with Crippen LogP contribution in [-0.2, 0) is 20.7 Å². The lowest BCUT2D eigenvalue weighted by molar-refractivity contribution is -0.167. The van der Waals surface area contributed by atoms with Crippen molar-refractivity contribution in [1.82, 2.24) is 0 Å². The van der Waals surface area contributed by atoms with E-state index in [2.05, 4.69) is 0 Å². The molecule has 0 heterocycles. The summed E-state index contributed by atoms with van der Waals surface area (Å²) in [5.74, 6) is -3.57. The molecule has 0 saturated heterocycles. The Morgan fingerprint density at radius 1 is 1.00 bits per heavy atom. The molecule has 2 aromatic rings. The number of carboxylic acids is 2. The summed E-state index contributed by atoms with van der Waals surface area (Å²) in [6, 6.07) is 13.4. The second-order valence-electron chi connectivity index (χ2n) is 5.77. The minimum atomic E-state index is -1.38. The third-order valence-corrected chi connectivity index (χ3v) is 3.61. The van der Waals surface area contributed by atoms with E-state index in [-0.39, 0.29) is 12.5 Å². The summed E-state index contributed by atoms with van der Waals surface area (Å²) in [5, 5.41) is 20.8. The van der Waals surface area contributed by atoms with Gasteiger partial charge in [0.2, 0.25) is 0 Å². The Bertz CT molecular complexity index is 707. The Balaban J connectivity index is 2.29. The van der Waals surface area contributed by atoms with E-state index in [9.17, 15) is 19.8 Å². The standard InChI is InChI=1S/C18H20O5/c1-11(2)23-16(18(21)22)15(17(19)20)10-12-7-8-13-5-3-4-6-14(13)9-12/h3-9,11,15-16H,10H2,1-2H3,(H,19,20)(H,21,22). The van der Waals surface area contributed by atoms with Gasteiger partial charge in [-0.15, -0.1) is 0 Å². The molecule has 5 nitrogen and oxygen atoms in total. The second kappa shape index (κ2) is 7.24. The summed E-state index contributed by atoms with van der Waals surface area (Å²) in [7, 11) is 0. The van der Waals surface area contributed by atoms with Crippen molar-refractivity contribution in [2.24, 2.45) is 5.92 Å². The molecule has 2 atom stereocenters. The Hall–Kier alpha value is -2.40. The van der Waals surface area contributed by atoms with Crippen LogP contribution in [0.4, 0.5) is 0 Å². The van der Waals surface area contributed by atoms with Crippen LogP contribution in [0.15, 0.2) is 42.5 Å². The molecule has 5 heteroatoms. The number of hydrogen-bond donors (Lipinski definition) is 2. The summed E-state index contributed by atoms with van der Waals surface area (Å²) in [6.45, 7) is 3.37. The smallest absolute Gasteiger partial charge is 0.333 e. The Morgan fingerprint density at radius 2 is 1.65 bits per heavy atom. The summed E-state index contributed by atoms with van der Waals surface area (Å²) < 4.78 is 5.31. The molecule has 2 aromatic carbocycles. The molecule has 2 rings (SSSR count). The number of rotatable bonds is 7. The van der Waals surface area contributed by atoms with E-state index in [1.165, 1.54) is 0 Å². The molecular weight excluding hydrogens is 296 g/mol. The van der Waals surface area contributed by atoms with Crippen LogP contribution in [0.5, 0.6) is 0 Å². The van der Waals surface area contributed by atoms with Gasteiger partial charge in [-0.2, -0.15) is 0 Å². The van der Waals surface area contributed by atoms with Crippen molar-refractivity contribution in [1.29, 1.82) is 0 Å². The first kappa shape index (κ1) is 17.0. The monoisotopic (exact) mass is 316 g/mol. The number of fused-ring (bicyclic) bond motifs is 1. The number of carbonyl (C=O) groups is 2. The van der Waals surface area contributed by atoms with Crippen LogP contribution in [0.3, 0.4) is 0 Å². The molecule has 23 heavy (non-hydrogen) atoms. The molecule has 122 valence electrons. The van der Waals surface area contributed by atoms with Gasteiger partial charge in [-0.05, 0) is 36.6 Å². The third-order valence-electron chi connectivity index (χ3n) is 3.61. The maximum absolute atomic E-state index is 11.6. The molecule has 0 aliphatic heterocycles. The molecule has 0 saturated carbocycles. The topological polar surface area (TPSA) is 83.8 Å². The number of ether oxygens (including phenoxy) is 1. The summed E-state index contributed by atoms with van der Waals surface area (Å²) in [6.07, 6.45) is -1.64. The molecule has 0 aromatic heterocycles. The Labute approximate surface area is 134 Å². The largest absolute Gasteiger partial charge is 0.481 e. The van der Waals surface area contributed by atoms with Crippen molar-refractivity contribution >= 4 is 22.7 Å². The Kier molecular flexibility index (Phi) is 5.34. The van der Waals surface area contributed by atoms with E-state index in [1.807, 2.05) is 42.5 Å². The van der Waals surface area contributed by atoms with Gasteiger partial charge in [-0.3, -0.25) is 4.79 Å². The molecule has 0 aliphatic rings. The minimum absolute atomic E-state index is 0.101. The van der Waals surface area contributed by atoms with Crippen molar-refractivity contribution in [2.45, 2.75) is 32.5 Å². The van der Waals surface area contributed by atoms with Gasteiger partial charge in [0.25, 0.3) is 0 Å². The number of hydrogen-bond acceptors (Lipinski definition) is 3. The van der Waals surface area contributed by atoms with Crippen LogP contribution in [-0.4, -0.2) is 34.4 Å². The minimum Gasteiger partial charge on any atom is -0.481 e. The van der Waals surface area contributed by atoms with Gasteiger partial charge >= 0.3 is 11.9 Å². The molecule has 0 radical (unpaired) electrons. The van der Waals surface area contributed by atoms with Crippen molar-refractivity contribution in [3.63, 3.8) is 0 Å². The maximum atomic E-state index is 11.6. The van der Waals surface area contributed by atoms with Gasteiger partial charge in [0.1, 0.15) is 0 Å². The zero-order valence-corrected chi connectivity index (χ0v) is 13.1. The molecule has 0 spiro atoms. The lowest BCUT2D eigenvalue weighted by Gasteiger charge is -2.23. The fourth-order valence-corrected chi connectivity index (χ4v) is 2.56. The van der Waals surface area contributed by atoms with Crippen molar-refractivity contribution in [3.05, 3.63) is 48.0 Å². The average molecular weight is 316 g/mol. The molecular formula is C18H20O5. The van der Waals surface area contributed by atoms with Crippen LogP contribution in [0, 0.1) is 5.92 Å². The van der Waals surface area contributed by atoms with E-state index in [0.717, 1.165) is 16.3 Å². The highest BCUT2D eigenvalue weighted by Gasteiger charge is 2.35. The van der Waals surface area contributed by atoms with E-state index < -0.39 is 24.0 Å². The lowest BCUT2D eigenvalue weighted by Crippen LogP contribution is -2.40. The average Bonchev–Trinajstić information content (AvgIpc) is 2.49. The van der Waals surface area contributed by atoms with Crippen LogP contribution in [0.1, 0.15) is 19.4 Å². The third kappa shape index (κ3) is 4.29. The van der Waals surface area contributed by atoms with Crippen molar-refractivity contribution in [2.75, 3.05) is 0 Å². The highest BCUT2D eigenvalue weighted by atomic mass is 16.5. The van der Waals surface area contributed by atoms with E-state index >= 15 is 0 Å². The van der Waals surface area contributed by atoms with Crippen molar-refractivity contribution < 1.29 is 24.5 Å². The molecule has 2 N–H and O–H groups in total. The molecule has 0 bridgehead atoms. The Morgan fingerprint density at radius 3 is 2.22 bits per heavy atom. The number of aliphatic carboxylic acids is 2. The van der Waals surface area contributed by atoms with Gasteiger partial charge < -0.3 is 14.9 Å². The highest BCUT2D eigenvalue weighted by Crippen LogP contribution is 2.21. The van der Waals surface area contributed by atoms with Gasteiger partial charge in [-0.1, -0.05) is 42.5 Å². The predicted molar refractivity (Wildman–Crippen MR) is 86.4 cm³/mol. The number of carboxylic acid groups (broad SMARTS) is 2. The number of benzene rings is 2. The van der Waals surface area contributed by atoms with Gasteiger partial charge in [0.05, 0.1) is 12.0 Å². The van der Waals surface area contributed by atoms with Crippen LogP contribution in [0.25, 0.3) is 10.8 Å². The van der Waals surface area contributed by atoms with Crippen LogP contribution < -0.4 is 0 Å². The van der Waals surface area contributed by atoms with Gasteiger partial charge in [0.15, 0.2) is 6.10 Å². The highest BCUT2D eigenvalue weighted by molar-refractivity contribution is 5.84. The first-order chi connectivity index (χ1) is 10.9. The summed E-state index contributed by atoms with van der Waals surface area (Å²) in [5.41, 5.74) is 0.773. The van der Waals surface area contributed by atoms with Gasteiger partial charge in [0, 0.05) is 0 Å². The quantitative estimate of drug-likeness (QED) is 0.820. The molecule has 2 unspecified atom stereocenters. The second-order valence-corrected chi connectivity index (χ2v) is 5.77. The SMILES string of the molecule is CC(C)OC(C(=O)O)C(Cc1ccc2ccccc2c1)C(=O)O. The van der Waals surface area contributed by atoms with Crippen LogP contribution >= 0.6 is 0 Å². The zero-order chi connectivity index (χ0) is 17.0. The first-order valence-electron chi connectivity index (χ1n) is 7.47. The summed E-state index contributed by atoms with van der Waals surface area (Å²) in [4.78, 5) is 22.9. The summed E-state index contributed by atoms with van der Waals surface area (Å²) >= 11 is 0. The predicted octanol–water partition coefficient (Wildman–Crippen LogP) is 2.96. The normalized spacial score (nSPS) is 13.9. The zero-order valence-electron chi connectivity index (χ0n) is 13.1. The van der Waals surface area contributed by atoms with Crippen molar-refractivity contribution in [3.8, 4) is 0 Å². The van der Waals surface area contributed by atoms with Crippen LogP contribution in [0.2, 0.25) is 0 Å².